The van der Waals surface area contributed by atoms with Gasteiger partial charge in [-0.2, -0.15) is 0 Å². The van der Waals surface area contributed by atoms with Crippen LogP contribution in [-0.4, -0.2) is 54.8 Å². The van der Waals surface area contributed by atoms with E-state index in [0.717, 1.165) is 25.1 Å². The molecule has 5 heteroatoms. The SMILES string of the molecule is COc1ccc(C(=O)N2CC(O)C(NCCCc3ccccc3)C2)cc1. The lowest BCUT2D eigenvalue weighted by molar-refractivity contribution is 0.0765. The highest BCUT2D eigenvalue weighted by Gasteiger charge is 2.33. The zero-order chi connectivity index (χ0) is 18.4. The molecule has 1 fully saturated rings. The Morgan fingerprint density at radius 2 is 1.88 bits per heavy atom. The number of benzene rings is 2. The van der Waals surface area contributed by atoms with Gasteiger partial charge < -0.3 is 20.1 Å². The highest BCUT2D eigenvalue weighted by atomic mass is 16.5. The summed E-state index contributed by atoms with van der Waals surface area (Å²) in [5.74, 6) is 0.668. The number of aliphatic hydroxyl groups excluding tert-OH is 1. The number of likely N-dealkylation sites (tertiary alicyclic amines) is 1. The lowest BCUT2D eigenvalue weighted by atomic mass is 10.1. The number of aryl methyl sites for hydroxylation is 1. The van der Waals surface area contributed by atoms with Crippen molar-refractivity contribution >= 4 is 5.91 Å². The first-order valence-electron chi connectivity index (χ1n) is 9.06. The van der Waals surface area contributed by atoms with E-state index in [1.165, 1.54) is 5.56 Å². The summed E-state index contributed by atoms with van der Waals surface area (Å²) in [6, 6.07) is 17.4. The smallest absolute Gasteiger partial charge is 0.254 e. The van der Waals surface area contributed by atoms with Crippen molar-refractivity contribution in [2.45, 2.75) is 25.0 Å². The van der Waals surface area contributed by atoms with E-state index in [9.17, 15) is 9.90 Å². The summed E-state index contributed by atoms with van der Waals surface area (Å²) in [6.07, 6.45) is 1.47. The number of ether oxygens (including phenoxy) is 1. The van der Waals surface area contributed by atoms with Gasteiger partial charge in [-0.25, -0.2) is 0 Å². The van der Waals surface area contributed by atoms with Crippen LogP contribution >= 0.6 is 0 Å². The molecule has 1 heterocycles. The van der Waals surface area contributed by atoms with E-state index in [1.54, 1.807) is 36.3 Å². The lowest BCUT2D eigenvalue weighted by Crippen LogP contribution is -2.40. The highest BCUT2D eigenvalue weighted by molar-refractivity contribution is 5.94. The molecule has 138 valence electrons. The van der Waals surface area contributed by atoms with Crippen LogP contribution in [0.25, 0.3) is 0 Å². The first kappa shape index (κ1) is 18.4. The molecule has 26 heavy (non-hydrogen) atoms. The standard InChI is InChI=1S/C21H26N2O3/c1-26-18-11-9-17(10-12-18)21(25)23-14-19(20(24)15-23)22-13-5-8-16-6-3-2-4-7-16/h2-4,6-7,9-12,19-20,22,24H,5,8,13-15H2,1H3. The van der Waals surface area contributed by atoms with Crippen molar-refractivity contribution in [3.05, 3.63) is 65.7 Å². The number of nitrogens with zero attached hydrogens (tertiary/aromatic N) is 1. The van der Waals surface area contributed by atoms with Gasteiger partial charge in [-0.05, 0) is 49.2 Å². The summed E-state index contributed by atoms with van der Waals surface area (Å²) in [6.45, 7) is 1.71. The second kappa shape index (κ2) is 8.83. The molecule has 2 unspecified atom stereocenters. The van der Waals surface area contributed by atoms with Crippen LogP contribution in [0.2, 0.25) is 0 Å². The Bertz CT molecular complexity index is 703. The topological polar surface area (TPSA) is 61.8 Å². The fraction of sp³-hybridized carbons (Fsp3) is 0.381. The van der Waals surface area contributed by atoms with Gasteiger partial charge in [-0.1, -0.05) is 30.3 Å². The Hall–Kier alpha value is -2.37. The molecular formula is C21H26N2O3. The molecule has 1 amide bonds. The number of amides is 1. The molecule has 1 saturated heterocycles. The van der Waals surface area contributed by atoms with Crippen LogP contribution < -0.4 is 10.1 Å². The number of hydrogen-bond donors (Lipinski definition) is 2. The molecular weight excluding hydrogens is 328 g/mol. The second-order valence-electron chi connectivity index (χ2n) is 6.66. The van der Waals surface area contributed by atoms with E-state index < -0.39 is 6.10 Å². The van der Waals surface area contributed by atoms with Crippen LogP contribution in [0.5, 0.6) is 5.75 Å². The maximum atomic E-state index is 12.6. The lowest BCUT2D eigenvalue weighted by Gasteiger charge is -2.17. The first-order valence-corrected chi connectivity index (χ1v) is 9.06. The van der Waals surface area contributed by atoms with Gasteiger partial charge in [0.25, 0.3) is 5.91 Å². The molecule has 0 aromatic heterocycles. The van der Waals surface area contributed by atoms with Gasteiger partial charge in [0.05, 0.1) is 19.3 Å². The quantitative estimate of drug-likeness (QED) is 0.748. The second-order valence-corrected chi connectivity index (χ2v) is 6.66. The van der Waals surface area contributed by atoms with Crippen molar-refractivity contribution in [2.75, 3.05) is 26.7 Å². The number of hydrogen-bond acceptors (Lipinski definition) is 4. The fourth-order valence-corrected chi connectivity index (χ4v) is 3.29. The van der Waals surface area contributed by atoms with Gasteiger partial charge in [0, 0.05) is 18.7 Å². The monoisotopic (exact) mass is 354 g/mol. The van der Waals surface area contributed by atoms with E-state index in [1.807, 2.05) is 18.2 Å². The molecule has 0 aliphatic carbocycles. The summed E-state index contributed by atoms with van der Waals surface area (Å²) >= 11 is 0. The van der Waals surface area contributed by atoms with Crippen molar-refractivity contribution in [2.24, 2.45) is 0 Å². The van der Waals surface area contributed by atoms with E-state index >= 15 is 0 Å². The average molecular weight is 354 g/mol. The maximum absolute atomic E-state index is 12.6. The number of rotatable bonds is 7. The third kappa shape index (κ3) is 4.62. The zero-order valence-electron chi connectivity index (χ0n) is 15.1. The van der Waals surface area contributed by atoms with Crippen molar-refractivity contribution in [1.82, 2.24) is 10.2 Å². The Balaban J connectivity index is 1.46. The molecule has 0 saturated carbocycles. The molecule has 3 rings (SSSR count). The van der Waals surface area contributed by atoms with Crippen molar-refractivity contribution in [3.63, 3.8) is 0 Å². The Morgan fingerprint density at radius 3 is 2.58 bits per heavy atom. The summed E-state index contributed by atoms with van der Waals surface area (Å²) in [5.41, 5.74) is 1.93. The van der Waals surface area contributed by atoms with Crippen LogP contribution in [0.4, 0.5) is 0 Å². The minimum Gasteiger partial charge on any atom is -0.497 e. The molecule has 1 aliphatic heterocycles. The largest absolute Gasteiger partial charge is 0.497 e. The number of carbonyl (C=O) groups is 1. The predicted molar refractivity (Wildman–Crippen MR) is 101 cm³/mol. The molecule has 2 aromatic rings. The maximum Gasteiger partial charge on any atom is 0.254 e. The van der Waals surface area contributed by atoms with Gasteiger partial charge in [0.1, 0.15) is 5.75 Å². The molecule has 2 atom stereocenters. The summed E-state index contributed by atoms with van der Waals surface area (Å²) in [5, 5.41) is 13.7. The number of aliphatic hydroxyl groups is 1. The highest BCUT2D eigenvalue weighted by Crippen LogP contribution is 2.17. The van der Waals surface area contributed by atoms with Gasteiger partial charge in [-0.15, -0.1) is 0 Å². The van der Waals surface area contributed by atoms with Crippen molar-refractivity contribution in [1.29, 1.82) is 0 Å². The number of methoxy groups -OCH3 is 1. The van der Waals surface area contributed by atoms with Crippen molar-refractivity contribution in [3.8, 4) is 5.75 Å². The van der Waals surface area contributed by atoms with E-state index in [0.29, 0.717) is 18.7 Å². The van der Waals surface area contributed by atoms with E-state index in [4.69, 9.17) is 4.74 Å². The fourth-order valence-electron chi connectivity index (χ4n) is 3.29. The normalized spacial score (nSPS) is 19.5. The van der Waals surface area contributed by atoms with Crippen LogP contribution in [0, 0.1) is 0 Å². The molecule has 2 N–H and O–H groups in total. The Kier molecular flexibility index (Phi) is 6.26. The van der Waals surface area contributed by atoms with Crippen molar-refractivity contribution < 1.29 is 14.6 Å². The Labute approximate surface area is 154 Å². The van der Waals surface area contributed by atoms with E-state index in [-0.39, 0.29) is 11.9 Å². The summed E-state index contributed by atoms with van der Waals surface area (Å²) in [7, 11) is 1.60. The van der Waals surface area contributed by atoms with E-state index in [2.05, 4.69) is 17.4 Å². The molecule has 5 nitrogen and oxygen atoms in total. The first-order chi connectivity index (χ1) is 12.7. The molecule has 2 aromatic carbocycles. The number of β-amino-alcohol motifs (C(OH)–C–C–N with tert-alkyl or cyclic N) is 1. The molecule has 0 bridgehead atoms. The average Bonchev–Trinajstić information content (AvgIpc) is 3.06. The third-order valence-electron chi connectivity index (χ3n) is 4.80. The van der Waals surface area contributed by atoms with Crippen LogP contribution in [0.3, 0.4) is 0 Å². The molecule has 1 aliphatic rings. The number of nitrogens with one attached hydrogen (secondary N) is 1. The van der Waals surface area contributed by atoms with Crippen LogP contribution in [0.1, 0.15) is 22.3 Å². The van der Waals surface area contributed by atoms with Crippen LogP contribution in [-0.2, 0) is 6.42 Å². The predicted octanol–water partition coefficient (Wildman–Crippen LogP) is 2.10. The van der Waals surface area contributed by atoms with Crippen LogP contribution in [0.15, 0.2) is 54.6 Å². The minimum absolute atomic E-state index is 0.0553. The summed E-state index contributed by atoms with van der Waals surface area (Å²) < 4.78 is 5.12. The minimum atomic E-state index is -0.533. The van der Waals surface area contributed by atoms with Gasteiger partial charge in [0.15, 0.2) is 0 Å². The van der Waals surface area contributed by atoms with Gasteiger partial charge in [0.2, 0.25) is 0 Å². The Morgan fingerprint density at radius 1 is 1.15 bits per heavy atom. The summed E-state index contributed by atoms with van der Waals surface area (Å²) in [4.78, 5) is 14.3. The zero-order valence-corrected chi connectivity index (χ0v) is 15.1. The molecule has 0 radical (unpaired) electrons. The van der Waals surface area contributed by atoms with Gasteiger partial charge in [-0.3, -0.25) is 4.79 Å². The number of carbonyl (C=O) groups excluding carboxylic acids is 1. The van der Waals surface area contributed by atoms with Gasteiger partial charge >= 0.3 is 0 Å². The third-order valence-corrected chi connectivity index (χ3v) is 4.80. The molecule has 0 spiro atoms.